The van der Waals surface area contributed by atoms with Gasteiger partial charge in [-0.2, -0.15) is 0 Å². The van der Waals surface area contributed by atoms with Gasteiger partial charge in [0.25, 0.3) is 5.91 Å². The third kappa shape index (κ3) is 4.80. The Balaban J connectivity index is 1.35. The summed E-state index contributed by atoms with van der Waals surface area (Å²) in [6.07, 6.45) is 6.35. The molecule has 2 aliphatic rings. The molecule has 8 nitrogen and oxygen atoms in total. The molecule has 2 fully saturated rings. The second-order valence-electron chi connectivity index (χ2n) is 10.0. The largest absolute Gasteiger partial charge is 0.497 e. The first-order valence-corrected chi connectivity index (χ1v) is 12.4. The highest BCUT2D eigenvalue weighted by Gasteiger charge is 2.34. The van der Waals surface area contributed by atoms with Gasteiger partial charge in [-0.15, -0.1) is 0 Å². The van der Waals surface area contributed by atoms with Gasteiger partial charge in [-0.05, 0) is 56.6 Å². The minimum Gasteiger partial charge on any atom is -0.497 e. The van der Waals surface area contributed by atoms with Crippen molar-refractivity contribution < 1.29 is 9.53 Å². The minimum absolute atomic E-state index is 0.0689. The molecule has 4 heterocycles. The molecular formula is C27H34N6O2. The highest BCUT2D eigenvalue weighted by atomic mass is 16.5. The lowest BCUT2D eigenvalue weighted by Crippen LogP contribution is -2.44. The number of likely N-dealkylation sites (N-methyl/N-ethyl adjacent to an activating group) is 1. The van der Waals surface area contributed by atoms with Crippen LogP contribution in [0.3, 0.4) is 0 Å². The minimum atomic E-state index is -0.168. The fourth-order valence-electron chi connectivity index (χ4n) is 5.25. The monoisotopic (exact) mass is 474 g/mol. The van der Waals surface area contributed by atoms with Gasteiger partial charge in [0.1, 0.15) is 17.6 Å². The van der Waals surface area contributed by atoms with Crippen LogP contribution in [-0.2, 0) is 5.41 Å². The molecule has 1 unspecified atom stereocenters. The van der Waals surface area contributed by atoms with Gasteiger partial charge in [0.15, 0.2) is 0 Å². The summed E-state index contributed by atoms with van der Waals surface area (Å²) in [5.41, 5.74) is 4.41. The van der Waals surface area contributed by atoms with Crippen LogP contribution >= 0.6 is 0 Å². The van der Waals surface area contributed by atoms with Gasteiger partial charge >= 0.3 is 0 Å². The average Bonchev–Trinajstić information content (AvgIpc) is 3.10. The Bertz CT molecular complexity index is 1190. The summed E-state index contributed by atoms with van der Waals surface area (Å²) in [7, 11) is 3.79. The van der Waals surface area contributed by atoms with E-state index in [1.165, 1.54) is 0 Å². The quantitative estimate of drug-likeness (QED) is 0.574. The first-order chi connectivity index (χ1) is 17.0. The van der Waals surface area contributed by atoms with E-state index in [-0.39, 0.29) is 11.3 Å². The number of anilines is 1. The number of rotatable bonds is 4. The van der Waals surface area contributed by atoms with Crippen molar-refractivity contribution >= 4 is 22.6 Å². The molecule has 2 aromatic heterocycles. The number of hydrogen-bond acceptors (Lipinski definition) is 7. The summed E-state index contributed by atoms with van der Waals surface area (Å²) in [6, 6.07) is 9.50. The number of ether oxygens (including phenoxy) is 1. The molecule has 0 bridgehead atoms. The summed E-state index contributed by atoms with van der Waals surface area (Å²) in [5.74, 6) is 0.823. The van der Waals surface area contributed by atoms with Crippen LogP contribution in [0.15, 0.2) is 42.9 Å². The molecule has 8 heteroatoms. The summed E-state index contributed by atoms with van der Waals surface area (Å²) in [4.78, 5) is 34.0. The smallest absolute Gasteiger partial charge is 0.253 e. The number of carbonyl (C=O) groups is 1. The summed E-state index contributed by atoms with van der Waals surface area (Å²) in [5, 5.41) is 0. The Morgan fingerprint density at radius 3 is 2.49 bits per heavy atom. The molecule has 2 saturated heterocycles. The van der Waals surface area contributed by atoms with E-state index in [0.717, 1.165) is 80.2 Å². The SMILES string of the molecule is COc1ccc(C(=O)N2CCCC(C)(c3ncnc4cc(N5CCN(C)CC5)cnc34)CC2)cc1. The van der Waals surface area contributed by atoms with Crippen LogP contribution < -0.4 is 9.64 Å². The highest BCUT2D eigenvalue weighted by Crippen LogP contribution is 2.37. The second kappa shape index (κ2) is 9.77. The highest BCUT2D eigenvalue weighted by molar-refractivity contribution is 5.94. The van der Waals surface area contributed by atoms with Crippen LogP contribution in [0.2, 0.25) is 0 Å². The average molecular weight is 475 g/mol. The molecule has 184 valence electrons. The van der Waals surface area contributed by atoms with Gasteiger partial charge in [-0.3, -0.25) is 9.78 Å². The molecule has 1 amide bonds. The Labute approximate surface area is 206 Å². The van der Waals surface area contributed by atoms with Crippen molar-refractivity contribution in [1.29, 1.82) is 0 Å². The fourth-order valence-corrected chi connectivity index (χ4v) is 5.25. The Kier molecular flexibility index (Phi) is 6.56. The number of pyridine rings is 1. The van der Waals surface area contributed by atoms with Crippen LogP contribution in [0.1, 0.15) is 42.2 Å². The third-order valence-corrected chi connectivity index (χ3v) is 7.62. The van der Waals surface area contributed by atoms with E-state index in [1.807, 2.05) is 35.4 Å². The lowest BCUT2D eigenvalue weighted by molar-refractivity contribution is 0.0759. The Morgan fingerprint density at radius 1 is 0.971 bits per heavy atom. The molecule has 3 aromatic rings. The van der Waals surface area contributed by atoms with E-state index in [2.05, 4.69) is 34.8 Å². The maximum absolute atomic E-state index is 13.2. The van der Waals surface area contributed by atoms with Crippen molar-refractivity contribution in [1.82, 2.24) is 24.8 Å². The lowest BCUT2D eigenvalue weighted by Gasteiger charge is -2.34. The zero-order chi connectivity index (χ0) is 24.4. The molecular weight excluding hydrogens is 440 g/mol. The van der Waals surface area contributed by atoms with Gasteiger partial charge in [-0.25, -0.2) is 9.97 Å². The number of amides is 1. The van der Waals surface area contributed by atoms with Gasteiger partial charge in [0, 0.05) is 50.2 Å². The number of likely N-dealkylation sites (tertiary alicyclic amines) is 1. The summed E-state index contributed by atoms with van der Waals surface area (Å²) >= 11 is 0. The van der Waals surface area contributed by atoms with E-state index in [4.69, 9.17) is 14.7 Å². The number of piperazine rings is 1. The van der Waals surface area contributed by atoms with Crippen LogP contribution in [0.5, 0.6) is 5.75 Å². The van der Waals surface area contributed by atoms with Crippen molar-refractivity contribution in [2.24, 2.45) is 0 Å². The number of methoxy groups -OCH3 is 1. The molecule has 0 N–H and O–H groups in total. The number of hydrogen-bond donors (Lipinski definition) is 0. The number of benzene rings is 1. The molecule has 1 atom stereocenters. The number of carbonyl (C=O) groups excluding carboxylic acids is 1. The normalized spacial score (nSPS) is 21.7. The molecule has 0 radical (unpaired) electrons. The molecule has 5 rings (SSSR count). The Hall–Kier alpha value is -3.26. The first kappa shape index (κ1) is 23.5. The maximum atomic E-state index is 13.2. The zero-order valence-corrected chi connectivity index (χ0v) is 20.9. The zero-order valence-electron chi connectivity index (χ0n) is 20.9. The molecule has 0 spiro atoms. The fraction of sp³-hybridized carbons (Fsp3) is 0.481. The van der Waals surface area contributed by atoms with Crippen molar-refractivity contribution in [2.75, 3.05) is 58.3 Å². The van der Waals surface area contributed by atoms with Gasteiger partial charge in [-0.1, -0.05) is 6.92 Å². The van der Waals surface area contributed by atoms with Gasteiger partial charge in [0.2, 0.25) is 0 Å². The molecule has 0 saturated carbocycles. The third-order valence-electron chi connectivity index (χ3n) is 7.62. The van der Waals surface area contributed by atoms with Crippen LogP contribution in [0.4, 0.5) is 5.69 Å². The van der Waals surface area contributed by atoms with E-state index < -0.39 is 0 Å². The van der Waals surface area contributed by atoms with Crippen molar-refractivity contribution in [2.45, 2.75) is 31.6 Å². The van der Waals surface area contributed by atoms with Crippen molar-refractivity contribution in [3.63, 3.8) is 0 Å². The molecule has 2 aliphatic heterocycles. The first-order valence-electron chi connectivity index (χ1n) is 12.4. The van der Waals surface area contributed by atoms with Crippen LogP contribution in [0, 0.1) is 0 Å². The van der Waals surface area contributed by atoms with E-state index in [1.54, 1.807) is 13.4 Å². The Morgan fingerprint density at radius 2 is 1.74 bits per heavy atom. The standard InChI is InChI=1S/C27H34N6O2/c1-27(9-4-11-33(12-10-27)26(34)20-5-7-22(35-3)8-6-20)25-24-23(29-19-30-25)17-21(18-28-24)32-15-13-31(2)14-16-32/h5-8,17-19H,4,9-16H2,1-3H3. The summed E-state index contributed by atoms with van der Waals surface area (Å²) < 4.78 is 5.22. The number of fused-ring (bicyclic) bond motifs is 1. The topological polar surface area (TPSA) is 74.7 Å². The maximum Gasteiger partial charge on any atom is 0.253 e. The van der Waals surface area contributed by atoms with E-state index in [9.17, 15) is 4.79 Å². The van der Waals surface area contributed by atoms with Crippen molar-refractivity contribution in [3.05, 3.63) is 54.1 Å². The summed E-state index contributed by atoms with van der Waals surface area (Å²) in [6.45, 7) is 7.78. The lowest BCUT2D eigenvalue weighted by atomic mass is 9.79. The van der Waals surface area contributed by atoms with E-state index in [0.29, 0.717) is 12.1 Å². The van der Waals surface area contributed by atoms with E-state index >= 15 is 0 Å². The molecule has 1 aromatic carbocycles. The van der Waals surface area contributed by atoms with Crippen LogP contribution in [0.25, 0.3) is 11.0 Å². The predicted octanol–water partition coefficient (Wildman–Crippen LogP) is 3.37. The van der Waals surface area contributed by atoms with Crippen molar-refractivity contribution in [3.8, 4) is 5.75 Å². The van der Waals surface area contributed by atoms with Crippen LogP contribution in [-0.4, -0.2) is 84.1 Å². The van der Waals surface area contributed by atoms with Gasteiger partial charge in [0.05, 0.1) is 30.2 Å². The molecule has 35 heavy (non-hydrogen) atoms. The number of nitrogens with zero attached hydrogens (tertiary/aromatic N) is 6. The molecule has 0 aliphatic carbocycles. The number of aromatic nitrogens is 3. The van der Waals surface area contributed by atoms with Gasteiger partial charge < -0.3 is 19.4 Å². The second-order valence-corrected chi connectivity index (χ2v) is 10.0. The predicted molar refractivity (Wildman–Crippen MR) is 137 cm³/mol.